The van der Waals surface area contributed by atoms with Crippen LogP contribution in [0.2, 0.25) is 5.02 Å². The van der Waals surface area contributed by atoms with Crippen LogP contribution in [0.1, 0.15) is 28.4 Å². The SMILES string of the molecule is CCNC(=NCc1ccc(C(N)=O)cc1)N1CCN(C(=O)Cc2cccc(Cl)c2)CC1.I. The Morgan fingerprint density at radius 1 is 1.03 bits per heavy atom. The molecule has 172 valence electrons. The molecule has 0 spiro atoms. The number of hydrogen-bond donors (Lipinski definition) is 2. The number of amides is 2. The van der Waals surface area contributed by atoms with Crippen molar-refractivity contribution >= 4 is 53.4 Å². The minimum Gasteiger partial charge on any atom is -0.366 e. The van der Waals surface area contributed by atoms with Crippen LogP contribution in [0.5, 0.6) is 0 Å². The molecule has 3 N–H and O–H groups in total. The van der Waals surface area contributed by atoms with E-state index in [4.69, 9.17) is 22.3 Å². The lowest BCUT2D eigenvalue weighted by atomic mass is 10.1. The van der Waals surface area contributed by atoms with Gasteiger partial charge < -0.3 is 20.9 Å². The topological polar surface area (TPSA) is 91.0 Å². The fraction of sp³-hybridized carbons (Fsp3) is 0.348. The largest absolute Gasteiger partial charge is 0.366 e. The molecule has 1 fully saturated rings. The van der Waals surface area contributed by atoms with E-state index in [0.29, 0.717) is 49.7 Å². The number of hydrogen-bond acceptors (Lipinski definition) is 3. The molecule has 0 unspecified atom stereocenters. The Morgan fingerprint density at radius 3 is 2.28 bits per heavy atom. The zero-order valence-corrected chi connectivity index (χ0v) is 21.2. The summed E-state index contributed by atoms with van der Waals surface area (Å²) in [4.78, 5) is 32.6. The van der Waals surface area contributed by atoms with Crippen LogP contribution in [-0.4, -0.2) is 60.3 Å². The molecule has 2 aromatic carbocycles. The quantitative estimate of drug-likeness (QED) is 0.318. The van der Waals surface area contributed by atoms with E-state index in [1.807, 2.05) is 48.2 Å². The highest BCUT2D eigenvalue weighted by molar-refractivity contribution is 14.0. The fourth-order valence-corrected chi connectivity index (χ4v) is 3.68. The number of primary amides is 1. The van der Waals surface area contributed by atoms with Gasteiger partial charge in [0, 0.05) is 43.3 Å². The first kappa shape index (κ1) is 25.9. The zero-order chi connectivity index (χ0) is 22.2. The summed E-state index contributed by atoms with van der Waals surface area (Å²) in [5, 5.41) is 3.97. The van der Waals surface area contributed by atoms with Crippen LogP contribution in [0.25, 0.3) is 0 Å². The number of carbonyl (C=O) groups is 2. The third kappa shape index (κ3) is 7.37. The summed E-state index contributed by atoms with van der Waals surface area (Å²) < 4.78 is 0. The molecule has 32 heavy (non-hydrogen) atoms. The summed E-state index contributed by atoms with van der Waals surface area (Å²) in [5.41, 5.74) is 7.70. The molecule has 1 heterocycles. The van der Waals surface area contributed by atoms with Gasteiger partial charge in [-0.2, -0.15) is 0 Å². The average Bonchev–Trinajstić information content (AvgIpc) is 2.77. The van der Waals surface area contributed by atoms with Gasteiger partial charge in [0.05, 0.1) is 13.0 Å². The van der Waals surface area contributed by atoms with Crippen molar-refractivity contribution in [2.75, 3.05) is 32.7 Å². The molecule has 0 bridgehead atoms. The van der Waals surface area contributed by atoms with Crippen LogP contribution < -0.4 is 11.1 Å². The Hall–Kier alpha value is -2.33. The van der Waals surface area contributed by atoms with Gasteiger partial charge in [-0.15, -0.1) is 24.0 Å². The fourth-order valence-electron chi connectivity index (χ4n) is 3.47. The lowest BCUT2D eigenvalue weighted by Crippen LogP contribution is -2.54. The number of nitrogens with one attached hydrogen (secondary N) is 1. The minimum absolute atomic E-state index is 0. The average molecular weight is 570 g/mol. The monoisotopic (exact) mass is 569 g/mol. The zero-order valence-electron chi connectivity index (χ0n) is 18.1. The third-order valence-corrected chi connectivity index (χ3v) is 5.40. The van der Waals surface area contributed by atoms with Crippen molar-refractivity contribution in [1.29, 1.82) is 0 Å². The summed E-state index contributed by atoms with van der Waals surface area (Å²) >= 11 is 6.02. The van der Waals surface area contributed by atoms with E-state index < -0.39 is 5.91 Å². The van der Waals surface area contributed by atoms with E-state index in [2.05, 4.69) is 10.2 Å². The van der Waals surface area contributed by atoms with Gasteiger partial charge in [0.25, 0.3) is 0 Å². The first-order chi connectivity index (χ1) is 15.0. The van der Waals surface area contributed by atoms with Crippen molar-refractivity contribution in [1.82, 2.24) is 15.1 Å². The molecule has 3 rings (SSSR count). The summed E-state index contributed by atoms with van der Waals surface area (Å²) in [6.07, 6.45) is 0.357. The predicted molar refractivity (Wildman–Crippen MR) is 138 cm³/mol. The summed E-state index contributed by atoms with van der Waals surface area (Å²) in [6, 6.07) is 14.6. The second-order valence-electron chi connectivity index (χ2n) is 7.41. The van der Waals surface area contributed by atoms with Crippen molar-refractivity contribution in [2.45, 2.75) is 19.9 Å². The van der Waals surface area contributed by atoms with E-state index in [0.717, 1.165) is 23.6 Å². The summed E-state index contributed by atoms with van der Waals surface area (Å²) in [7, 11) is 0. The molecule has 7 nitrogen and oxygen atoms in total. The summed E-state index contributed by atoms with van der Waals surface area (Å²) in [5.74, 6) is 0.494. The van der Waals surface area contributed by atoms with Crippen LogP contribution in [0.3, 0.4) is 0 Å². The standard InChI is InChI=1S/C23H28ClN5O2.HI/c1-2-26-23(27-16-17-6-8-19(9-7-17)22(25)31)29-12-10-28(11-13-29)21(30)15-18-4-3-5-20(24)14-18;/h3-9,14H,2,10-13,15-16H2,1H3,(H2,25,31)(H,26,27);1H. The summed E-state index contributed by atoms with van der Waals surface area (Å²) in [6.45, 7) is 6.01. The van der Waals surface area contributed by atoms with Crippen LogP contribution in [0.4, 0.5) is 0 Å². The molecule has 9 heteroatoms. The second kappa shape index (κ2) is 12.6. The number of rotatable bonds is 6. The van der Waals surface area contributed by atoms with E-state index in [1.54, 1.807) is 12.1 Å². The molecule has 2 amide bonds. The molecular formula is C23H29ClIN5O2. The van der Waals surface area contributed by atoms with E-state index in [9.17, 15) is 9.59 Å². The van der Waals surface area contributed by atoms with Gasteiger partial charge in [-0.1, -0.05) is 35.9 Å². The van der Waals surface area contributed by atoms with Crippen molar-refractivity contribution in [3.05, 3.63) is 70.2 Å². The molecular weight excluding hydrogens is 541 g/mol. The van der Waals surface area contributed by atoms with Gasteiger partial charge in [-0.3, -0.25) is 9.59 Å². The second-order valence-corrected chi connectivity index (χ2v) is 7.84. The number of nitrogens with zero attached hydrogens (tertiary/aromatic N) is 3. The highest BCUT2D eigenvalue weighted by atomic mass is 127. The first-order valence-corrected chi connectivity index (χ1v) is 10.8. The number of guanidine groups is 1. The molecule has 1 aliphatic heterocycles. The highest BCUT2D eigenvalue weighted by Crippen LogP contribution is 2.13. The predicted octanol–water partition coefficient (Wildman–Crippen LogP) is 2.91. The van der Waals surface area contributed by atoms with Gasteiger partial charge >= 0.3 is 0 Å². The number of piperazine rings is 1. The van der Waals surface area contributed by atoms with Gasteiger partial charge in [0.15, 0.2) is 5.96 Å². The number of carbonyl (C=O) groups excluding carboxylic acids is 2. The van der Waals surface area contributed by atoms with Gasteiger partial charge in [-0.25, -0.2) is 4.99 Å². The number of halogens is 2. The normalized spacial score (nSPS) is 14.0. The van der Waals surface area contributed by atoms with E-state index in [1.165, 1.54) is 0 Å². The number of nitrogens with two attached hydrogens (primary N) is 1. The lowest BCUT2D eigenvalue weighted by molar-refractivity contribution is -0.131. The Balaban J connectivity index is 0.00000363. The lowest BCUT2D eigenvalue weighted by Gasteiger charge is -2.36. The first-order valence-electron chi connectivity index (χ1n) is 10.4. The Kier molecular flexibility index (Phi) is 10.2. The Labute approximate surface area is 211 Å². The maximum atomic E-state index is 12.7. The van der Waals surface area contributed by atoms with Crippen molar-refractivity contribution in [3.8, 4) is 0 Å². The van der Waals surface area contributed by atoms with E-state index in [-0.39, 0.29) is 29.9 Å². The van der Waals surface area contributed by atoms with Gasteiger partial charge in [0.2, 0.25) is 11.8 Å². The minimum atomic E-state index is -0.439. The molecule has 0 aliphatic carbocycles. The molecule has 2 aromatic rings. The molecule has 0 atom stereocenters. The maximum Gasteiger partial charge on any atom is 0.248 e. The molecule has 0 saturated carbocycles. The highest BCUT2D eigenvalue weighted by Gasteiger charge is 2.23. The van der Waals surface area contributed by atoms with Crippen molar-refractivity contribution in [3.63, 3.8) is 0 Å². The number of aliphatic imine (C=N–C) groups is 1. The van der Waals surface area contributed by atoms with Crippen LogP contribution >= 0.6 is 35.6 Å². The Bertz CT molecular complexity index is 944. The smallest absolute Gasteiger partial charge is 0.248 e. The molecule has 0 aromatic heterocycles. The van der Waals surface area contributed by atoms with Crippen LogP contribution in [-0.2, 0) is 17.8 Å². The molecule has 1 saturated heterocycles. The van der Waals surface area contributed by atoms with Crippen LogP contribution in [0, 0.1) is 0 Å². The van der Waals surface area contributed by atoms with Crippen LogP contribution in [0.15, 0.2) is 53.5 Å². The van der Waals surface area contributed by atoms with Gasteiger partial charge in [-0.05, 0) is 42.3 Å². The van der Waals surface area contributed by atoms with Gasteiger partial charge in [0.1, 0.15) is 0 Å². The maximum absolute atomic E-state index is 12.7. The molecule has 1 aliphatic rings. The Morgan fingerprint density at radius 2 is 1.69 bits per heavy atom. The van der Waals surface area contributed by atoms with Crippen molar-refractivity contribution < 1.29 is 9.59 Å². The van der Waals surface area contributed by atoms with Crippen molar-refractivity contribution in [2.24, 2.45) is 10.7 Å². The third-order valence-electron chi connectivity index (χ3n) is 5.16. The van der Waals surface area contributed by atoms with E-state index >= 15 is 0 Å². The number of benzene rings is 2. The molecule has 0 radical (unpaired) electrons.